The molecule has 0 fully saturated rings. The minimum atomic E-state index is 0.347. The van der Waals surface area contributed by atoms with Gasteiger partial charge in [0.1, 0.15) is 11.3 Å². The summed E-state index contributed by atoms with van der Waals surface area (Å²) in [4.78, 5) is 12.6. The average molecular weight is 270 g/mol. The Kier molecular flexibility index (Phi) is 3.98. The summed E-state index contributed by atoms with van der Waals surface area (Å²) in [6.45, 7) is 3.28. The van der Waals surface area contributed by atoms with Crippen molar-refractivity contribution in [1.82, 2.24) is 19.5 Å². The van der Waals surface area contributed by atoms with Crippen molar-refractivity contribution in [2.45, 2.75) is 26.3 Å². The Balaban J connectivity index is 2.29. The number of rotatable bonds is 5. The molecule has 2 N–H and O–H groups in total. The lowest BCUT2D eigenvalue weighted by atomic mass is 10.3. The van der Waals surface area contributed by atoms with Crippen LogP contribution in [-0.4, -0.2) is 33.2 Å². The fraction of sp³-hybridized carbons (Fsp3) is 0.545. The van der Waals surface area contributed by atoms with Crippen LogP contribution in [0, 0.1) is 6.92 Å². The van der Waals surface area contributed by atoms with Crippen LogP contribution in [-0.2, 0) is 11.3 Å². The van der Waals surface area contributed by atoms with E-state index in [-0.39, 0.29) is 0 Å². The molecule has 0 aromatic carbocycles. The number of hydrogen-bond acceptors (Lipinski definition) is 5. The van der Waals surface area contributed by atoms with Crippen LogP contribution in [0.1, 0.15) is 18.7 Å². The molecule has 2 heterocycles. The van der Waals surface area contributed by atoms with E-state index in [9.17, 15) is 0 Å². The zero-order valence-electron chi connectivity index (χ0n) is 10.5. The minimum absolute atomic E-state index is 0.347. The Hall–Kier alpha value is -1.40. The second-order valence-electron chi connectivity index (χ2n) is 4.06. The molecule has 0 amide bonds. The lowest BCUT2D eigenvalue weighted by Crippen LogP contribution is -2.05. The van der Waals surface area contributed by atoms with E-state index in [1.54, 1.807) is 14.0 Å². The van der Waals surface area contributed by atoms with E-state index in [1.165, 1.54) is 0 Å². The quantitative estimate of drug-likeness (QED) is 0.661. The van der Waals surface area contributed by atoms with Gasteiger partial charge >= 0.3 is 0 Å². The molecule has 0 aliphatic rings. The molecular weight excluding hydrogens is 254 g/mol. The maximum absolute atomic E-state index is 6.03. The van der Waals surface area contributed by atoms with Crippen LogP contribution in [0.3, 0.4) is 0 Å². The normalized spacial score (nSPS) is 11.3. The number of nitrogens with two attached hydrogens (primary N) is 1. The number of imidazole rings is 1. The number of methoxy groups -OCH3 is 1. The van der Waals surface area contributed by atoms with Crippen LogP contribution < -0.4 is 5.73 Å². The highest BCUT2D eigenvalue weighted by Gasteiger charge is 2.13. The second-order valence-corrected chi connectivity index (χ2v) is 4.41. The van der Waals surface area contributed by atoms with Crippen LogP contribution in [0.25, 0.3) is 11.2 Å². The zero-order chi connectivity index (χ0) is 13.1. The highest BCUT2D eigenvalue weighted by atomic mass is 35.5. The van der Waals surface area contributed by atoms with Crippen molar-refractivity contribution in [3.63, 3.8) is 0 Å². The number of aryl methyl sites for hydroxylation is 2. The van der Waals surface area contributed by atoms with E-state index in [2.05, 4.69) is 15.0 Å². The molecule has 2 aromatic heterocycles. The summed E-state index contributed by atoms with van der Waals surface area (Å²) < 4.78 is 6.88. The predicted molar refractivity (Wildman–Crippen MR) is 70.6 cm³/mol. The average Bonchev–Trinajstić information content (AvgIpc) is 2.62. The van der Waals surface area contributed by atoms with Gasteiger partial charge in [-0.3, -0.25) is 4.57 Å². The Morgan fingerprint density at radius 3 is 2.78 bits per heavy atom. The maximum Gasteiger partial charge on any atom is 0.202 e. The van der Waals surface area contributed by atoms with Gasteiger partial charge in [-0.15, -0.1) is 0 Å². The molecular formula is C11H16ClN5O. The molecule has 0 atom stereocenters. The molecule has 2 rings (SSSR count). The number of nitrogens with zero attached hydrogens (tertiary/aromatic N) is 4. The van der Waals surface area contributed by atoms with E-state index in [0.29, 0.717) is 28.1 Å². The Morgan fingerprint density at radius 2 is 2.06 bits per heavy atom. The molecule has 0 spiro atoms. The third kappa shape index (κ3) is 2.54. The van der Waals surface area contributed by atoms with Gasteiger partial charge in [-0.25, -0.2) is 15.0 Å². The molecule has 0 saturated heterocycles. The first kappa shape index (κ1) is 13.0. The van der Waals surface area contributed by atoms with E-state index >= 15 is 0 Å². The summed E-state index contributed by atoms with van der Waals surface area (Å²) in [7, 11) is 1.69. The lowest BCUT2D eigenvalue weighted by Gasteiger charge is -2.05. The second kappa shape index (κ2) is 5.49. The van der Waals surface area contributed by atoms with E-state index in [0.717, 1.165) is 26.0 Å². The Bertz CT molecular complexity index is 554. The number of unbranched alkanes of at least 4 members (excludes halogenated alkanes) is 1. The molecule has 0 saturated carbocycles. The molecule has 6 nitrogen and oxygen atoms in total. The van der Waals surface area contributed by atoms with E-state index in [4.69, 9.17) is 22.1 Å². The lowest BCUT2D eigenvalue weighted by molar-refractivity contribution is 0.191. The monoisotopic (exact) mass is 269 g/mol. The summed E-state index contributed by atoms with van der Waals surface area (Å²) in [6, 6.07) is 0. The van der Waals surface area contributed by atoms with Crippen LogP contribution in [0.15, 0.2) is 0 Å². The minimum Gasteiger partial charge on any atom is -0.385 e. The Morgan fingerprint density at radius 1 is 1.28 bits per heavy atom. The van der Waals surface area contributed by atoms with Crippen molar-refractivity contribution >= 4 is 28.7 Å². The van der Waals surface area contributed by atoms with Crippen LogP contribution in [0.4, 0.5) is 5.95 Å². The van der Waals surface area contributed by atoms with Gasteiger partial charge in [-0.2, -0.15) is 0 Å². The van der Waals surface area contributed by atoms with E-state index < -0.39 is 0 Å². The van der Waals surface area contributed by atoms with Crippen molar-refractivity contribution in [2.24, 2.45) is 0 Å². The summed E-state index contributed by atoms with van der Waals surface area (Å²) in [5.74, 6) is 1.04. The predicted octanol–water partition coefficient (Wildman–Crippen LogP) is 1.80. The standard InChI is InChI=1S/C11H16ClN5O/c1-7-14-9(12)8-10(15-7)17(11(13)16-8)5-3-4-6-18-2/h3-6H2,1-2H3,(H2,13,16). The van der Waals surface area contributed by atoms with Gasteiger partial charge < -0.3 is 10.5 Å². The van der Waals surface area contributed by atoms with Gasteiger partial charge in [-0.05, 0) is 19.8 Å². The van der Waals surface area contributed by atoms with Crippen molar-refractivity contribution in [3.8, 4) is 0 Å². The summed E-state index contributed by atoms with van der Waals surface area (Å²) >= 11 is 6.03. The van der Waals surface area contributed by atoms with Gasteiger partial charge in [0, 0.05) is 20.3 Å². The third-order valence-corrected chi connectivity index (χ3v) is 2.94. The van der Waals surface area contributed by atoms with Gasteiger partial charge in [0.15, 0.2) is 10.8 Å². The molecule has 0 bridgehead atoms. The topological polar surface area (TPSA) is 78.9 Å². The summed E-state index contributed by atoms with van der Waals surface area (Å²) in [5.41, 5.74) is 7.14. The highest BCUT2D eigenvalue weighted by molar-refractivity contribution is 6.33. The van der Waals surface area contributed by atoms with Gasteiger partial charge in [-0.1, -0.05) is 11.6 Å². The molecule has 18 heavy (non-hydrogen) atoms. The maximum atomic E-state index is 6.03. The largest absolute Gasteiger partial charge is 0.385 e. The van der Waals surface area contributed by atoms with Crippen LogP contribution in [0.2, 0.25) is 5.15 Å². The number of ether oxygens (including phenoxy) is 1. The number of aromatic nitrogens is 4. The molecule has 0 aliphatic heterocycles. The van der Waals surface area contributed by atoms with Crippen molar-refractivity contribution in [1.29, 1.82) is 0 Å². The van der Waals surface area contributed by atoms with Gasteiger partial charge in [0.25, 0.3) is 0 Å². The molecule has 98 valence electrons. The third-order valence-electron chi connectivity index (χ3n) is 2.67. The molecule has 0 aliphatic carbocycles. The first-order chi connectivity index (χ1) is 8.63. The summed E-state index contributed by atoms with van der Waals surface area (Å²) in [5, 5.41) is 0.347. The van der Waals surface area contributed by atoms with Gasteiger partial charge in [0.05, 0.1) is 0 Å². The van der Waals surface area contributed by atoms with Crippen LogP contribution >= 0.6 is 11.6 Å². The molecule has 7 heteroatoms. The smallest absolute Gasteiger partial charge is 0.202 e. The number of hydrogen-bond donors (Lipinski definition) is 1. The SMILES string of the molecule is COCCCCn1c(N)nc2c(Cl)nc(C)nc21. The molecule has 0 radical (unpaired) electrons. The summed E-state index contributed by atoms with van der Waals surface area (Å²) in [6.07, 6.45) is 1.91. The zero-order valence-corrected chi connectivity index (χ0v) is 11.2. The van der Waals surface area contributed by atoms with Crippen molar-refractivity contribution in [2.75, 3.05) is 19.5 Å². The number of nitrogen functional groups attached to an aromatic ring is 1. The first-order valence-corrected chi connectivity index (χ1v) is 6.16. The van der Waals surface area contributed by atoms with Crippen LogP contribution in [0.5, 0.6) is 0 Å². The molecule has 2 aromatic rings. The van der Waals surface area contributed by atoms with Crippen molar-refractivity contribution < 1.29 is 4.74 Å². The fourth-order valence-electron chi connectivity index (χ4n) is 1.82. The number of halogens is 1. The Labute approximate surface area is 110 Å². The first-order valence-electron chi connectivity index (χ1n) is 5.78. The fourth-order valence-corrected chi connectivity index (χ4v) is 2.07. The number of anilines is 1. The van der Waals surface area contributed by atoms with Gasteiger partial charge in [0.2, 0.25) is 5.95 Å². The van der Waals surface area contributed by atoms with Crippen molar-refractivity contribution in [3.05, 3.63) is 11.0 Å². The number of fused-ring (bicyclic) bond motifs is 1. The highest BCUT2D eigenvalue weighted by Crippen LogP contribution is 2.22. The molecule has 0 unspecified atom stereocenters. The van der Waals surface area contributed by atoms with E-state index in [1.807, 2.05) is 4.57 Å².